The Bertz CT molecular complexity index is 1690. The summed E-state index contributed by atoms with van der Waals surface area (Å²) in [4.78, 5) is 41.1. The number of aromatic nitrogens is 1. The maximum absolute atomic E-state index is 15.2. The summed E-state index contributed by atoms with van der Waals surface area (Å²) >= 11 is 0. The number of fused-ring (bicyclic) bond motifs is 1. The SMILES string of the molecule is CCCOc1cc2c(Oc3ccc(NC(=O)C4(C(=O)Nc5ccc(F)cc5)CC4)cc3F)ccnc2cc1OCC(=O)O. The van der Waals surface area contributed by atoms with Crippen molar-refractivity contribution in [2.45, 2.75) is 26.2 Å². The summed E-state index contributed by atoms with van der Waals surface area (Å²) in [5.41, 5.74) is -0.416. The number of aliphatic carboxylic acids is 1. The molecule has 0 spiro atoms. The number of pyridine rings is 1. The molecular weight excluding hydrogens is 564 g/mol. The van der Waals surface area contributed by atoms with Crippen LogP contribution in [-0.2, 0) is 14.4 Å². The summed E-state index contributed by atoms with van der Waals surface area (Å²) in [7, 11) is 0. The molecule has 3 N–H and O–H groups in total. The van der Waals surface area contributed by atoms with Crippen LogP contribution in [-0.4, -0.2) is 41.1 Å². The third-order valence-electron chi connectivity index (χ3n) is 6.71. The molecule has 1 aliphatic carbocycles. The van der Waals surface area contributed by atoms with Gasteiger partial charge in [-0.3, -0.25) is 14.6 Å². The molecule has 0 radical (unpaired) electrons. The number of hydrogen-bond donors (Lipinski definition) is 3. The second-order valence-electron chi connectivity index (χ2n) is 9.90. The zero-order valence-corrected chi connectivity index (χ0v) is 23.0. The van der Waals surface area contributed by atoms with Gasteiger partial charge in [-0.15, -0.1) is 0 Å². The van der Waals surface area contributed by atoms with Crippen LogP contribution in [0.2, 0.25) is 0 Å². The lowest BCUT2D eigenvalue weighted by Gasteiger charge is -2.16. The molecule has 222 valence electrons. The van der Waals surface area contributed by atoms with Crippen LogP contribution in [0, 0.1) is 17.0 Å². The van der Waals surface area contributed by atoms with Gasteiger partial charge >= 0.3 is 5.97 Å². The highest BCUT2D eigenvalue weighted by atomic mass is 19.1. The highest BCUT2D eigenvalue weighted by molar-refractivity contribution is 6.16. The van der Waals surface area contributed by atoms with Crippen molar-refractivity contribution in [3.05, 3.63) is 78.5 Å². The minimum absolute atomic E-state index is 0.130. The number of ether oxygens (including phenoxy) is 3. The van der Waals surface area contributed by atoms with E-state index in [1.165, 1.54) is 54.7 Å². The lowest BCUT2D eigenvalue weighted by molar-refractivity contribution is -0.139. The fourth-order valence-corrected chi connectivity index (χ4v) is 4.29. The molecule has 12 heteroatoms. The van der Waals surface area contributed by atoms with Crippen LogP contribution in [0.3, 0.4) is 0 Å². The molecule has 0 atom stereocenters. The van der Waals surface area contributed by atoms with Crippen molar-refractivity contribution >= 4 is 40.1 Å². The molecule has 1 saturated carbocycles. The van der Waals surface area contributed by atoms with Crippen molar-refractivity contribution in [1.29, 1.82) is 0 Å². The van der Waals surface area contributed by atoms with Crippen LogP contribution < -0.4 is 24.8 Å². The molecule has 0 bridgehead atoms. The summed E-state index contributed by atoms with van der Waals surface area (Å²) < 4.78 is 45.3. The number of benzene rings is 3. The zero-order chi connectivity index (χ0) is 30.6. The fourth-order valence-electron chi connectivity index (χ4n) is 4.29. The lowest BCUT2D eigenvalue weighted by Crippen LogP contribution is -2.35. The number of anilines is 2. The van der Waals surface area contributed by atoms with E-state index in [-0.39, 0.29) is 28.7 Å². The van der Waals surface area contributed by atoms with E-state index in [0.29, 0.717) is 42.5 Å². The Morgan fingerprint density at radius 1 is 0.860 bits per heavy atom. The van der Waals surface area contributed by atoms with Gasteiger partial charge in [0.1, 0.15) is 17.0 Å². The third kappa shape index (κ3) is 6.64. The zero-order valence-electron chi connectivity index (χ0n) is 23.0. The minimum atomic E-state index is -1.30. The van der Waals surface area contributed by atoms with Gasteiger partial charge < -0.3 is 30.0 Å². The number of carbonyl (C=O) groups excluding carboxylic acids is 2. The normalized spacial score (nSPS) is 13.2. The first-order valence-electron chi connectivity index (χ1n) is 13.4. The van der Waals surface area contributed by atoms with Crippen molar-refractivity contribution in [1.82, 2.24) is 4.98 Å². The van der Waals surface area contributed by atoms with Crippen molar-refractivity contribution in [3.63, 3.8) is 0 Å². The number of carbonyl (C=O) groups is 3. The van der Waals surface area contributed by atoms with Gasteiger partial charge in [0.2, 0.25) is 11.8 Å². The van der Waals surface area contributed by atoms with Crippen molar-refractivity contribution < 1.29 is 42.5 Å². The Morgan fingerprint density at radius 3 is 2.19 bits per heavy atom. The van der Waals surface area contributed by atoms with Crippen LogP contribution in [0.15, 0.2) is 66.9 Å². The van der Waals surface area contributed by atoms with Gasteiger partial charge in [-0.1, -0.05) is 6.92 Å². The first-order chi connectivity index (χ1) is 20.7. The Morgan fingerprint density at radius 2 is 1.53 bits per heavy atom. The summed E-state index contributed by atoms with van der Waals surface area (Å²) in [6.07, 6.45) is 2.78. The maximum Gasteiger partial charge on any atom is 0.341 e. The summed E-state index contributed by atoms with van der Waals surface area (Å²) in [5, 5.41) is 14.7. The van der Waals surface area contributed by atoms with E-state index in [4.69, 9.17) is 19.3 Å². The van der Waals surface area contributed by atoms with Crippen LogP contribution >= 0.6 is 0 Å². The summed E-state index contributed by atoms with van der Waals surface area (Å²) in [6, 6.07) is 13.7. The Kier molecular flexibility index (Phi) is 8.37. The number of hydrogen-bond acceptors (Lipinski definition) is 7. The highest BCUT2D eigenvalue weighted by Gasteiger charge is 2.56. The maximum atomic E-state index is 15.2. The first kappa shape index (κ1) is 29.2. The molecule has 1 heterocycles. The molecule has 3 aromatic carbocycles. The van der Waals surface area contributed by atoms with E-state index < -0.39 is 41.4 Å². The molecule has 5 rings (SSSR count). The fraction of sp³-hybridized carbons (Fsp3) is 0.226. The van der Waals surface area contributed by atoms with E-state index in [9.17, 15) is 18.8 Å². The third-order valence-corrected chi connectivity index (χ3v) is 6.71. The predicted octanol–water partition coefficient (Wildman–Crippen LogP) is 5.91. The molecule has 1 aliphatic rings. The number of carboxylic acid groups (broad SMARTS) is 1. The lowest BCUT2D eigenvalue weighted by atomic mass is 10.0. The largest absolute Gasteiger partial charge is 0.490 e. The van der Waals surface area contributed by atoms with Gasteiger partial charge in [0.05, 0.1) is 12.1 Å². The minimum Gasteiger partial charge on any atom is -0.490 e. The second kappa shape index (κ2) is 12.3. The van der Waals surface area contributed by atoms with Crippen molar-refractivity contribution in [2.24, 2.45) is 5.41 Å². The van der Waals surface area contributed by atoms with Crippen LogP contribution in [0.25, 0.3) is 10.9 Å². The monoisotopic (exact) mass is 591 g/mol. The van der Waals surface area contributed by atoms with Crippen molar-refractivity contribution in [2.75, 3.05) is 23.8 Å². The van der Waals surface area contributed by atoms with Crippen LogP contribution in [0.4, 0.5) is 20.2 Å². The van der Waals surface area contributed by atoms with E-state index in [0.717, 1.165) is 6.07 Å². The van der Waals surface area contributed by atoms with Crippen LogP contribution in [0.5, 0.6) is 23.0 Å². The van der Waals surface area contributed by atoms with Crippen LogP contribution in [0.1, 0.15) is 26.2 Å². The Hall–Kier alpha value is -5.26. The molecule has 43 heavy (non-hydrogen) atoms. The van der Waals surface area contributed by atoms with Crippen molar-refractivity contribution in [3.8, 4) is 23.0 Å². The highest BCUT2D eigenvalue weighted by Crippen LogP contribution is 2.47. The molecule has 0 saturated heterocycles. The predicted molar refractivity (Wildman–Crippen MR) is 152 cm³/mol. The second-order valence-corrected chi connectivity index (χ2v) is 9.90. The number of halogens is 2. The van der Waals surface area contributed by atoms with Gasteiger partial charge in [-0.25, -0.2) is 13.6 Å². The number of amides is 2. The summed E-state index contributed by atoms with van der Waals surface area (Å²) in [6.45, 7) is 1.69. The topological polar surface area (TPSA) is 136 Å². The van der Waals surface area contributed by atoms with E-state index in [1.807, 2.05) is 6.92 Å². The molecule has 0 unspecified atom stereocenters. The van der Waals surface area contributed by atoms with E-state index in [2.05, 4.69) is 15.6 Å². The van der Waals surface area contributed by atoms with Gasteiger partial charge in [-0.05, 0) is 67.8 Å². The molecular formula is C31H27F2N3O7. The van der Waals surface area contributed by atoms with E-state index >= 15 is 4.39 Å². The first-order valence-corrected chi connectivity index (χ1v) is 13.4. The molecule has 0 aliphatic heterocycles. The standard InChI is InChI=1S/C31H27F2N3O7/c1-2-13-41-26-15-21-23(16-27(26)42-17-28(37)38)34-12-9-24(21)43-25-8-7-20(14-22(25)33)36-30(40)31(10-11-31)29(39)35-19-5-3-18(32)4-6-19/h3-9,12,14-16H,2,10-11,13,17H2,1H3,(H,35,39)(H,36,40)(H,37,38). The average Bonchev–Trinajstić information content (AvgIpc) is 3.80. The van der Waals surface area contributed by atoms with Gasteiger partial charge in [-0.2, -0.15) is 0 Å². The van der Waals surface area contributed by atoms with Gasteiger partial charge in [0.25, 0.3) is 0 Å². The molecule has 1 fully saturated rings. The Balaban J connectivity index is 1.31. The number of carboxylic acids is 1. The van der Waals surface area contributed by atoms with Gasteiger partial charge in [0, 0.05) is 35.1 Å². The molecule has 2 amide bonds. The smallest absolute Gasteiger partial charge is 0.341 e. The van der Waals surface area contributed by atoms with Gasteiger partial charge in [0.15, 0.2) is 29.7 Å². The van der Waals surface area contributed by atoms with E-state index in [1.54, 1.807) is 6.07 Å². The number of nitrogens with zero attached hydrogens (tertiary/aromatic N) is 1. The molecule has 4 aromatic rings. The number of nitrogens with one attached hydrogen (secondary N) is 2. The Labute approximate surface area is 244 Å². The molecule has 10 nitrogen and oxygen atoms in total. The average molecular weight is 592 g/mol. The quantitative estimate of drug-likeness (QED) is 0.173. The summed E-state index contributed by atoms with van der Waals surface area (Å²) in [5.74, 6) is -2.89. The molecule has 1 aromatic heterocycles. The number of rotatable bonds is 12.